The molecule has 2 saturated heterocycles. The number of aryl methyl sites for hydroxylation is 2. The lowest BCUT2D eigenvalue weighted by molar-refractivity contribution is -0.131. The standard InChI is InChI=1S/C42H35ClN4O8S/c1-19-25-16-21(43)11-14-31(25)56-36(19)28-18-32(45(3)44-28)47-38(50)27-17-26-23(35(42(27,2)41(47)54)34-29(48)9-6-10-30(34)55-4)12-13-24-33(26)39(51)46(37(24)49)22-8-5-7-20(15-22)40(52)53/h5-12,14-16,18,24,26-27,33,35,48H,13,17H2,1-4H3,(H,52,53). The third-order valence-electron chi connectivity index (χ3n) is 12.4. The van der Waals surface area contributed by atoms with E-state index in [2.05, 4.69) is 0 Å². The van der Waals surface area contributed by atoms with E-state index in [1.54, 1.807) is 32.2 Å². The molecule has 6 atom stereocenters. The molecule has 12 nitrogen and oxygen atoms in total. The Bertz CT molecular complexity index is 2630. The molecule has 14 heteroatoms. The van der Waals surface area contributed by atoms with Crippen LogP contribution in [-0.4, -0.2) is 56.7 Å². The molecule has 4 aliphatic rings. The number of carbonyl (C=O) groups is 5. The van der Waals surface area contributed by atoms with Crippen molar-refractivity contribution in [1.82, 2.24) is 9.78 Å². The number of amides is 4. The molecule has 1 saturated carbocycles. The van der Waals surface area contributed by atoms with Gasteiger partial charge in [0.2, 0.25) is 23.6 Å². The van der Waals surface area contributed by atoms with E-state index in [9.17, 15) is 29.4 Å². The maximum absolute atomic E-state index is 15.2. The molecule has 9 rings (SSSR count). The number of rotatable bonds is 6. The van der Waals surface area contributed by atoms with Crippen LogP contribution in [0, 0.1) is 36.0 Å². The van der Waals surface area contributed by atoms with Gasteiger partial charge in [0.25, 0.3) is 0 Å². The Labute approximate surface area is 329 Å². The van der Waals surface area contributed by atoms with Crippen LogP contribution in [-0.2, 0) is 26.2 Å². The van der Waals surface area contributed by atoms with Gasteiger partial charge in [0, 0.05) is 34.3 Å². The second kappa shape index (κ2) is 12.6. The number of benzene rings is 3. The highest BCUT2D eigenvalue weighted by Crippen LogP contribution is 2.65. The number of ether oxygens (including phenoxy) is 1. The Morgan fingerprint density at radius 3 is 2.50 bits per heavy atom. The lowest BCUT2D eigenvalue weighted by Crippen LogP contribution is -2.49. The number of hydrogen-bond acceptors (Lipinski definition) is 9. The number of methoxy groups -OCH3 is 1. The summed E-state index contributed by atoms with van der Waals surface area (Å²) < 4.78 is 8.31. The van der Waals surface area contributed by atoms with Crippen LogP contribution in [0.3, 0.4) is 0 Å². The molecule has 0 bridgehead atoms. The van der Waals surface area contributed by atoms with Crippen molar-refractivity contribution >= 4 is 74.1 Å². The van der Waals surface area contributed by atoms with Gasteiger partial charge < -0.3 is 14.9 Å². The Kier molecular flexibility index (Phi) is 8.08. The van der Waals surface area contributed by atoms with Crippen LogP contribution in [0.2, 0.25) is 5.02 Å². The van der Waals surface area contributed by atoms with Gasteiger partial charge in [0.05, 0.1) is 46.4 Å². The van der Waals surface area contributed by atoms with E-state index < -0.39 is 64.6 Å². The van der Waals surface area contributed by atoms with E-state index >= 15 is 4.79 Å². The van der Waals surface area contributed by atoms with Crippen molar-refractivity contribution < 1.29 is 38.9 Å². The summed E-state index contributed by atoms with van der Waals surface area (Å²) in [5, 5.41) is 27.5. The van der Waals surface area contributed by atoms with Gasteiger partial charge in [0.1, 0.15) is 23.0 Å². The van der Waals surface area contributed by atoms with E-state index in [1.807, 2.05) is 31.2 Å². The van der Waals surface area contributed by atoms with Crippen LogP contribution >= 0.6 is 22.9 Å². The largest absolute Gasteiger partial charge is 0.508 e. The summed E-state index contributed by atoms with van der Waals surface area (Å²) in [5.41, 5.74) is 1.16. The number of nitrogens with zero attached hydrogens (tertiary/aromatic N) is 4. The predicted octanol–water partition coefficient (Wildman–Crippen LogP) is 7.11. The molecule has 3 aromatic carbocycles. The molecule has 0 spiro atoms. The highest BCUT2D eigenvalue weighted by atomic mass is 35.5. The van der Waals surface area contributed by atoms with Gasteiger partial charge >= 0.3 is 5.97 Å². The number of aromatic nitrogens is 2. The third kappa shape index (κ3) is 4.89. The Morgan fingerprint density at radius 1 is 0.982 bits per heavy atom. The summed E-state index contributed by atoms with van der Waals surface area (Å²) in [4.78, 5) is 73.5. The number of aromatic hydroxyl groups is 1. The maximum atomic E-state index is 15.2. The molecular weight excluding hydrogens is 756 g/mol. The number of anilines is 2. The Morgan fingerprint density at radius 2 is 1.75 bits per heavy atom. The number of thiophene rings is 1. The van der Waals surface area contributed by atoms with Crippen molar-refractivity contribution in [1.29, 1.82) is 0 Å². The molecule has 2 aromatic heterocycles. The second-order valence-corrected chi connectivity index (χ2v) is 16.6. The van der Waals surface area contributed by atoms with Crippen molar-refractivity contribution in [2.45, 2.75) is 32.6 Å². The van der Waals surface area contributed by atoms with E-state index in [-0.39, 0.29) is 35.7 Å². The fourth-order valence-electron chi connectivity index (χ4n) is 9.79. The smallest absolute Gasteiger partial charge is 0.335 e. The molecule has 2 aliphatic carbocycles. The SMILES string of the molecule is COc1cccc(O)c1C1C2=CCC3C(=O)N(c4cccc(C(=O)O)c4)C(=O)C3C2CC2C(=O)N(c3cc(-c4sc5ccc(Cl)cc5c4C)nn3C)C(=O)C21C. The highest BCUT2D eigenvalue weighted by Gasteiger charge is 2.68. The topological polar surface area (TPSA) is 159 Å². The van der Waals surface area contributed by atoms with Crippen molar-refractivity contribution in [3.8, 4) is 22.1 Å². The quantitative estimate of drug-likeness (QED) is 0.135. The normalized spacial score (nSPS) is 25.7. The molecule has 4 heterocycles. The molecule has 284 valence electrons. The maximum Gasteiger partial charge on any atom is 0.335 e. The zero-order chi connectivity index (χ0) is 39.5. The zero-order valence-corrected chi connectivity index (χ0v) is 32.2. The summed E-state index contributed by atoms with van der Waals surface area (Å²) in [6, 6.07) is 17.9. The highest BCUT2D eigenvalue weighted by molar-refractivity contribution is 7.22. The Hall–Kier alpha value is -5.79. The van der Waals surface area contributed by atoms with Crippen LogP contribution in [0.4, 0.5) is 11.5 Å². The molecule has 4 amide bonds. The summed E-state index contributed by atoms with van der Waals surface area (Å²) >= 11 is 7.84. The van der Waals surface area contributed by atoms with Gasteiger partial charge in [-0.3, -0.25) is 28.8 Å². The zero-order valence-electron chi connectivity index (χ0n) is 30.6. The number of halogens is 1. The van der Waals surface area contributed by atoms with Gasteiger partial charge in [-0.05, 0) is 92.1 Å². The average Bonchev–Trinajstić information content (AvgIpc) is 3.85. The number of carbonyl (C=O) groups excluding carboxylic acids is 4. The van der Waals surface area contributed by atoms with Crippen LogP contribution in [0.5, 0.6) is 11.5 Å². The first-order chi connectivity index (χ1) is 26.8. The lowest BCUT2D eigenvalue weighted by atomic mass is 9.51. The van der Waals surface area contributed by atoms with Gasteiger partial charge in [-0.2, -0.15) is 5.10 Å². The number of phenolic OH excluding ortho intramolecular Hbond substituents is 1. The van der Waals surface area contributed by atoms with Gasteiger partial charge in [-0.15, -0.1) is 11.3 Å². The molecular formula is C42H35ClN4O8S. The number of allylic oxidation sites excluding steroid dienone is 2. The summed E-state index contributed by atoms with van der Waals surface area (Å²) in [5.74, 6) is -6.91. The van der Waals surface area contributed by atoms with Crippen molar-refractivity contribution in [2.24, 2.45) is 36.1 Å². The number of imide groups is 2. The molecule has 6 unspecified atom stereocenters. The third-order valence-corrected chi connectivity index (χ3v) is 13.9. The average molecular weight is 791 g/mol. The fourth-order valence-corrected chi connectivity index (χ4v) is 11.1. The number of hydrogen-bond donors (Lipinski definition) is 2. The minimum atomic E-state index is -1.45. The van der Waals surface area contributed by atoms with Crippen LogP contribution < -0.4 is 14.5 Å². The van der Waals surface area contributed by atoms with Gasteiger partial charge in [-0.1, -0.05) is 35.4 Å². The van der Waals surface area contributed by atoms with Gasteiger partial charge in [0.15, 0.2) is 0 Å². The number of phenols is 1. The van der Waals surface area contributed by atoms with Gasteiger partial charge in [-0.25, -0.2) is 9.69 Å². The van der Waals surface area contributed by atoms with Crippen molar-refractivity contribution in [3.63, 3.8) is 0 Å². The predicted molar refractivity (Wildman–Crippen MR) is 209 cm³/mol. The first-order valence-corrected chi connectivity index (χ1v) is 19.3. The van der Waals surface area contributed by atoms with E-state index in [1.165, 1.54) is 58.4 Å². The monoisotopic (exact) mass is 790 g/mol. The molecule has 0 radical (unpaired) electrons. The van der Waals surface area contributed by atoms with Crippen LogP contribution in [0.15, 0.2) is 78.4 Å². The second-order valence-electron chi connectivity index (χ2n) is 15.1. The summed E-state index contributed by atoms with van der Waals surface area (Å²) in [6.45, 7) is 3.72. The summed E-state index contributed by atoms with van der Waals surface area (Å²) in [7, 11) is 3.14. The minimum absolute atomic E-state index is 0.0719. The fraction of sp³-hybridized carbons (Fsp3) is 0.286. The van der Waals surface area contributed by atoms with Crippen LogP contribution in [0.25, 0.3) is 20.7 Å². The number of fused-ring (bicyclic) bond motifs is 5. The molecule has 3 fully saturated rings. The van der Waals surface area contributed by atoms with Crippen molar-refractivity contribution in [2.75, 3.05) is 16.9 Å². The van der Waals surface area contributed by atoms with E-state index in [4.69, 9.17) is 21.4 Å². The number of carboxylic acids is 1. The van der Waals surface area contributed by atoms with Crippen LogP contribution in [0.1, 0.15) is 47.2 Å². The molecule has 2 aliphatic heterocycles. The molecule has 56 heavy (non-hydrogen) atoms. The first kappa shape index (κ1) is 35.9. The number of carboxylic acid groups (broad SMARTS) is 1. The first-order valence-electron chi connectivity index (χ1n) is 18.1. The minimum Gasteiger partial charge on any atom is -0.508 e. The summed E-state index contributed by atoms with van der Waals surface area (Å²) in [6.07, 6.45) is 2.13. The lowest BCUT2D eigenvalue weighted by Gasteiger charge is -2.49. The molecule has 5 aromatic rings. The van der Waals surface area contributed by atoms with Crippen molar-refractivity contribution in [3.05, 3.63) is 100 Å². The van der Waals surface area contributed by atoms with E-state index in [0.717, 1.165) is 25.4 Å². The van der Waals surface area contributed by atoms with E-state index in [0.29, 0.717) is 27.6 Å². The Balaban J connectivity index is 1.17. The molecule has 2 N–H and O–H groups in total. The number of aromatic carboxylic acids is 1.